The molecule has 4 rings (SSSR count). The van der Waals surface area contributed by atoms with Crippen LogP contribution in [0.1, 0.15) is 24.9 Å². The summed E-state index contributed by atoms with van der Waals surface area (Å²) in [4.78, 5) is 16.5. The van der Waals surface area contributed by atoms with Crippen molar-refractivity contribution in [1.29, 1.82) is 0 Å². The first-order valence-electron chi connectivity index (χ1n) is 7.70. The van der Waals surface area contributed by atoms with Gasteiger partial charge in [-0.05, 0) is 37.5 Å². The fourth-order valence-electron chi connectivity index (χ4n) is 3.35. The summed E-state index contributed by atoms with van der Waals surface area (Å²) in [5.74, 6) is 1.54. The summed E-state index contributed by atoms with van der Waals surface area (Å²) < 4.78 is 9.06. The maximum absolute atomic E-state index is 11.6. The van der Waals surface area contributed by atoms with Crippen molar-refractivity contribution in [3.05, 3.63) is 40.3 Å². The summed E-state index contributed by atoms with van der Waals surface area (Å²) in [5, 5.41) is 0. The zero-order valence-electron chi connectivity index (χ0n) is 13.1. The highest BCUT2D eigenvalue weighted by Crippen LogP contribution is 2.30. The van der Waals surface area contributed by atoms with Crippen molar-refractivity contribution < 1.29 is 4.42 Å². The smallest absolute Gasteiger partial charge is 0.408 e. The summed E-state index contributed by atoms with van der Waals surface area (Å²) >= 11 is 0. The Bertz CT molecular complexity index is 929. The molecule has 0 spiro atoms. The minimum atomic E-state index is -0.332. The van der Waals surface area contributed by atoms with Gasteiger partial charge in [0.1, 0.15) is 5.82 Å². The number of hydrogen-bond donors (Lipinski definition) is 0. The topological polar surface area (TPSA) is 53.0 Å². The lowest BCUT2D eigenvalue weighted by Gasteiger charge is -2.20. The first-order chi connectivity index (χ1) is 10.5. The van der Waals surface area contributed by atoms with Crippen molar-refractivity contribution in [3.63, 3.8) is 0 Å². The van der Waals surface area contributed by atoms with Gasteiger partial charge in [0.05, 0.1) is 11.2 Å². The van der Waals surface area contributed by atoms with Crippen LogP contribution in [0.25, 0.3) is 22.4 Å². The first kappa shape index (κ1) is 13.4. The Hall–Kier alpha value is -2.30. The second kappa shape index (κ2) is 4.60. The van der Waals surface area contributed by atoms with Gasteiger partial charge in [0.2, 0.25) is 0 Å². The van der Waals surface area contributed by atoms with E-state index in [1.165, 1.54) is 22.5 Å². The molecule has 5 nitrogen and oxygen atoms in total. The number of fused-ring (bicyclic) bond motifs is 2. The summed E-state index contributed by atoms with van der Waals surface area (Å²) in [6, 6.07) is 5.83. The molecule has 22 heavy (non-hydrogen) atoms. The van der Waals surface area contributed by atoms with E-state index in [1.807, 2.05) is 18.2 Å². The summed E-state index contributed by atoms with van der Waals surface area (Å²) in [6.07, 6.45) is 2.24. The van der Waals surface area contributed by atoms with Gasteiger partial charge in [0.25, 0.3) is 0 Å². The third-order valence-electron chi connectivity index (χ3n) is 4.74. The molecule has 1 aliphatic heterocycles. The van der Waals surface area contributed by atoms with Crippen LogP contribution in [0.3, 0.4) is 0 Å². The second-order valence-corrected chi connectivity index (χ2v) is 6.32. The van der Waals surface area contributed by atoms with E-state index in [-0.39, 0.29) is 5.76 Å². The lowest BCUT2D eigenvalue weighted by atomic mass is 10.0. The zero-order chi connectivity index (χ0) is 15.4. The monoisotopic (exact) mass is 297 g/mol. The average Bonchev–Trinajstić information content (AvgIpc) is 2.97. The highest BCUT2D eigenvalue weighted by molar-refractivity contribution is 5.80. The molecular formula is C17H19N3O2. The van der Waals surface area contributed by atoms with E-state index in [1.54, 1.807) is 7.05 Å². The molecule has 0 saturated heterocycles. The van der Waals surface area contributed by atoms with Crippen molar-refractivity contribution >= 4 is 11.1 Å². The van der Waals surface area contributed by atoms with Gasteiger partial charge < -0.3 is 8.98 Å². The van der Waals surface area contributed by atoms with Crippen LogP contribution in [0.4, 0.5) is 0 Å². The van der Waals surface area contributed by atoms with Crippen molar-refractivity contribution in [2.75, 3.05) is 0 Å². The Labute approximate surface area is 128 Å². The summed E-state index contributed by atoms with van der Waals surface area (Å²) in [7, 11) is 1.73. The van der Waals surface area contributed by atoms with E-state index < -0.39 is 0 Å². The SMILES string of the molecule is Cc1c(-c2ccc3oc(=O)n(C)c3c2)nc2n1CCC(C)C2. The van der Waals surface area contributed by atoms with Crippen LogP contribution in [0, 0.1) is 12.8 Å². The van der Waals surface area contributed by atoms with Gasteiger partial charge in [-0.3, -0.25) is 4.57 Å². The standard InChI is InChI=1S/C17H19N3O2/c1-10-6-7-20-11(2)16(18-15(20)8-10)12-4-5-14-13(9-12)19(3)17(21)22-14/h4-5,9-10H,6-8H2,1-3H3. The number of oxazole rings is 1. The molecule has 0 bridgehead atoms. The fourth-order valence-corrected chi connectivity index (χ4v) is 3.35. The Morgan fingerprint density at radius 3 is 3.00 bits per heavy atom. The Balaban J connectivity index is 1.88. The highest BCUT2D eigenvalue weighted by Gasteiger charge is 2.21. The highest BCUT2D eigenvalue weighted by atomic mass is 16.4. The Morgan fingerprint density at radius 2 is 2.18 bits per heavy atom. The van der Waals surface area contributed by atoms with E-state index in [9.17, 15) is 4.79 Å². The molecule has 5 heteroatoms. The molecule has 1 atom stereocenters. The number of benzene rings is 1. The number of aryl methyl sites for hydroxylation is 1. The zero-order valence-corrected chi connectivity index (χ0v) is 13.1. The number of imidazole rings is 1. The van der Waals surface area contributed by atoms with Crippen LogP contribution in [-0.4, -0.2) is 14.1 Å². The van der Waals surface area contributed by atoms with Crippen LogP contribution in [0.15, 0.2) is 27.4 Å². The molecule has 0 radical (unpaired) electrons. The Kier molecular flexibility index (Phi) is 2.79. The van der Waals surface area contributed by atoms with Crippen LogP contribution in [0.2, 0.25) is 0 Å². The average molecular weight is 297 g/mol. The molecule has 0 saturated carbocycles. The number of rotatable bonds is 1. The third-order valence-corrected chi connectivity index (χ3v) is 4.74. The van der Waals surface area contributed by atoms with Crippen molar-refractivity contribution in [1.82, 2.24) is 14.1 Å². The van der Waals surface area contributed by atoms with E-state index in [0.717, 1.165) is 29.7 Å². The molecule has 0 fully saturated rings. The fraction of sp³-hybridized carbons (Fsp3) is 0.412. The van der Waals surface area contributed by atoms with Crippen LogP contribution >= 0.6 is 0 Å². The maximum Gasteiger partial charge on any atom is 0.419 e. The predicted molar refractivity (Wildman–Crippen MR) is 84.9 cm³/mol. The molecule has 1 aromatic carbocycles. The molecule has 114 valence electrons. The normalized spacial score (nSPS) is 17.9. The minimum absolute atomic E-state index is 0.332. The molecule has 0 aliphatic carbocycles. The van der Waals surface area contributed by atoms with Crippen LogP contribution in [0.5, 0.6) is 0 Å². The maximum atomic E-state index is 11.6. The van der Waals surface area contributed by atoms with Gasteiger partial charge in [-0.1, -0.05) is 6.92 Å². The third kappa shape index (κ3) is 1.85. The molecular weight excluding hydrogens is 278 g/mol. The number of aromatic nitrogens is 3. The molecule has 1 unspecified atom stereocenters. The van der Waals surface area contributed by atoms with E-state index >= 15 is 0 Å². The van der Waals surface area contributed by atoms with E-state index in [4.69, 9.17) is 9.40 Å². The van der Waals surface area contributed by atoms with Crippen LogP contribution in [-0.2, 0) is 20.0 Å². The van der Waals surface area contributed by atoms with E-state index in [2.05, 4.69) is 18.4 Å². The Morgan fingerprint density at radius 1 is 1.36 bits per heavy atom. The summed E-state index contributed by atoms with van der Waals surface area (Å²) in [6.45, 7) is 5.45. The molecule has 1 aliphatic rings. The predicted octanol–water partition coefficient (Wildman–Crippen LogP) is 2.89. The second-order valence-electron chi connectivity index (χ2n) is 6.32. The summed E-state index contributed by atoms with van der Waals surface area (Å²) in [5.41, 5.74) is 4.68. The molecule has 3 aromatic rings. The van der Waals surface area contributed by atoms with Crippen LogP contribution < -0.4 is 5.76 Å². The quantitative estimate of drug-likeness (QED) is 0.694. The number of nitrogens with zero attached hydrogens (tertiary/aromatic N) is 3. The van der Waals surface area contributed by atoms with Crippen molar-refractivity contribution in [2.24, 2.45) is 13.0 Å². The van der Waals surface area contributed by atoms with Gasteiger partial charge in [0.15, 0.2) is 5.58 Å². The van der Waals surface area contributed by atoms with Gasteiger partial charge in [0, 0.05) is 31.3 Å². The lowest BCUT2D eigenvalue weighted by molar-refractivity contribution is 0.405. The van der Waals surface area contributed by atoms with Crippen molar-refractivity contribution in [2.45, 2.75) is 33.2 Å². The number of hydrogen-bond acceptors (Lipinski definition) is 3. The first-order valence-corrected chi connectivity index (χ1v) is 7.70. The molecule has 0 N–H and O–H groups in total. The lowest BCUT2D eigenvalue weighted by Crippen LogP contribution is -2.17. The molecule has 0 amide bonds. The van der Waals surface area contributed by atoms with Crippen molar-refractivity contribution in [3.8, 4) is 11.3 Å². The minimum Gasteiger partial charge on any atom is -0.408 e. The molecule has 3 heterocycles. The molecule has 2 aromatic heterocycles. The van der Waals surface area contributed by atoms with E-state index in [0.29, 0.717) is 11.5 Å². The van der Waals surface area contributed by atoms with Gasteiger partial charge in [-0.2, -0.15) is 0 Å². The van der Waals surface area contributed by atoms with Gasteiger partial charge in [-0.15, -0.1) is 0 Å². The largest absolute Gasteiger partial charge is 0.419 e. The van der Waals surface area contributed by atoms with Gasteiger partial charge in [-0.25, -0.2) is 9.78 Å². The van der Waals surface area contributed by atoms with Gasteiger partial charge >= 0.3 is 5.76 Å².